The summed E-state index contributed by atoms with van der Waals surface area (Å²) in [5.41, 5.74) is 7.26. The van der Waals surface area contributed by atoms with Gasteiger partial charge in [-0.05, 0) is 60.0 Å². The third-order valence-electron chi connectivity index (χ3n) is 7.91. The normalized spacial score (nSPS) is 20.3. The summed E-state index contributed by atoms with van der Waals surface area (Å²) < 4.78 is 55.7. The Morgan fingerprint density at radius 2 is 1.64 bits per heavy atom. The second-order valence-electron chi connectivity index (χ2n) is 10.2. The van der Waals surface area contributed by atoms with Gasteiger partial charge >= 0.3 is 18.1 Å². The van der Waals surface area contributed by atoms with Crippen molar-refractivity contribution in [2.45, 2.75) is 24.4 Å². The number of ether oxygens (including phenoxy) is 3. The van der Waals surface area contributed by atoms with Gasteiger partial charge in [-0.25, -0.2) is 4.79 Å². The van der Waals surface area contributed by atoms with Gasteiger partial charge in [0.1, 0.15) is 17.5 Å². The number of pyridine rings is 1. The number of hydrogen-bond acceptors (Lipinski definition) is 9. The first-order chi connectivity index (χ1) is 21.0. The van der Waals surface area contributed by atoms with Crippen LogP contribution >= 0.6 is 0 Å². The van der Waals surface area contributed by atoms with Crippen molar-refractivity contribution in [3.05, 3.63) is 112 Å². The highest BCUT2D eigenvalue weighted by Crippen LogP contribution is 2.51. The number of allylic oxidation sites excluding steroid dienone is 2. The minimum atomic E-state index is -4.59. The number of nitrogens with two attached hydrogens (primary N) is 1. The van der Waals surface area contributed by atoms with Crippen molar-refractivity contribution >= 4 is 23.4 Å². The van der Waals surface area contributed by atoms with E-state index in [1.165, 1.54) is 43.6 Å². The van der Waals surface area contributed by atoms with Crippen LogP contribution in [0.3, 0.4) is 0 Å². The largest absolute Gasteiger partial charge is 0.497 e. The zero-order valence-corrected chi connectivity index (χ0v) is 23.9. The minimum absolute atomic E-state index is 0.0418. The molecule has 12 heteroatoms. The van der Waals surface area contributed by atoms with Gasteiger partial charge in [-0.1, -0.05) is 18.2 Å². The summed E-state index contributed by atoms with van der Waals surface area (Å²) in [4.78, 5) is 46.7. The number of ketones is 1. The Morgan fingerprint density at radius 3 is 2.18 bits per heavy atom. The van der Waals surface area contributed by atoms with Gasteiger partial charge in [0, 0.05) is 35.3 Å². The maximum atomic E-state index is 14.6. The Morgan fingerprint density at radius 1 is 0.955 bits per heavy atom. The van der Waals surface area contributed by atoms with Gasteiger partial charge in [0.05, 0.1) is 38.4 Å². The first-order valence-electron chi connectivity index (χ1n) is 13.5. The lowest BCUT2D eigenvalue weighted by atomic mass is 9.67. The van der Waals surface area contributed by atoms with Crippen molar-refractivity contribution < 1.29 is 41.8 Å². The molecule has 1 aromatic heterocycles. The third kappa shape index (κ3) is 5.27. The molecule has 0 radical (unpaired) electrons. The number of halogens is 3. The fraction of sp³-hybridized carbons (Fsp3) is 0.250. The number of rotatable bonds is 6. The SMILES string of the molecule is COC(=O)C1=C(N)N(c2ccc(C(F)(F)F)cc2)C2=C(C(=O)[C@H](C(=O)OC)[C@@H](c3ccc(OC)cc3)C2)[C@H]1c1cccnc1. The Labute approximate surface area is 250 Å². The predicted octanol–water partition coefficient (Wildman–Crippen LogP) is 4.86. The van der Waals surface area contributed by atoms with Crippen LogP contribution in [0.15, 0.2) is 95.7 Å². The maximum Gasteiger partial charge on any atom is 0.416 e. The van der Waals surface area contributed by atoms with Gasteiger partial charge < -0.3 is 19.9 Å². The summed E-state index contributed by atoms with van der Waals surface area (Å²) in [5.74, 6) is -5.00. The summed E-state index contributed by atoms with van der Waals surface area (Å²) in [5, 5.41) is 0. The van der Waals surface area contributed by atoms with Crippen LogP contribution in [0.1, 0.15) is 34.9 Å². The molecule has 0 fully saturated rings. The van der Waals surface area contributed by atoms with E-state index in [-0.39, 0.29) is 29.1 Å². The summed E-state index contributed by atoms with van der Waals surface area (Å²) in [6.45, 7) is 0. The number of aromatic nitrogens is 1. The molecule has 228 valence electrons. The molecule has 0 saturated heterocycles. The van der Waals surface area contributed by atoms with Crippen LogP contribution in [-0.4, -0.2) is 44.0 Å². The van der Waals surface area contributed by atoms with E-state index in [9.17, 15) is 27.6 Å². The Kier molecular flexibility index (Phi) is 8.18. The maximum absolute atomic E-state index is 14.6. The van der Waals surface area contributed by atoms with Gasteiger partial charge in [-0.3, -0.25) is 19.5 Å². The number of alkyl halides is 3. The molecule has 9 nitrogen and oxygen atoms in total. The molecule has 2 aromatic carbocycles. The first-order valence-corrected chi connectivity index (χ1v) is 13.5. The molecule has 0 amide bonds. The van der Waals surface area contributed by atoms with Crippen molar-refractivity contribution in [1.82, 2.24) is 4.98 Å². The van der Waals surface area contributed by atoms with Crippen molar-refractivity contribution in [1.29, 1.82) is 0 Å². The minimum Gasteiger partial charge on any atom is -0.497 e. The molecule has 0 spiro atoms. The molecule has 5 rings (SSSR count). The van der Waals surface area contributed by atoms with E-state index in [2.05, 4.69) is 4.98 Å². The summed E-state index contributed by atoms with van der Waals surface area (Å²) in [6, 6.07) is 14.3. The van der Waals surface area contributed by atoms with Crippen molar-refractivity contribution in [3.63, 3.8) is 0 Å². The molecule has 1 aliphatic carbocycles. The number of nitrogens with zero attached hydrogens (tertiary/aromatic N) is 2. The monoisotopic (exact) mass is 607 g/mol. The third-order valence-corrected chi connectivity index (χ3v) is 7.91. The molecule has 2 aliphatic rings. The molecule has 1 aliphatic heterocycles. The van der Waals surface area contributed by atoms with Gasteiger partial charge in [-0.2, -0.15) is 13.2 Å². The molecular formula is C32H28F3N3O6. The quantitative estimate of drug-likeness (QED) is 0.310. The Hall–Kier alpha value is -5.13. The van der Waals surface area contributed by atoms with Crippen LogP contribution in [0.2, 0.25) is 0 Å². The topological polar surface area (TPSA) is 121 Å². The van der Waals surface area contributed by atoms with Gasteiger partial charge in [0.15, 0.2) is 5.78 Å². The van der Waals surface area contributed by atoms with Crippen LogP contribution in [0, 0.1) is 5.92 Å². The zero-order valence-electron chi connectivity index (χ0n) is 23.9. The number of anilines is 1. The van der Waals surface area contributed by atoms with E-state index in [1.54, 1.807) is 36.4 Å². The molecule has 0 saturated carbocycles. The van der Waals surface area contributed by atoms with E-state index >= 15 is 0 Å². The zero-order chi connectivity index (χ0) is 31.8. The lowest BCUT2D eigenvalue weighted by Gasteiger charge is -2.44. The summed E-state index contributed by atoms with van der Waals surface area (Å²) >= 11 is 0. The van der Waals surface area contributed by atoms with Crippen LogP contribution in [0.25, 0.3) is 0 Å². The Balaban J connectivity index is 1.79. The summed E-state index contributed by atoms with van der Waals surface area (Å²) in [6.07, 6.45) is -1.57. The van der Waals surface area contributed by atoms with Gasteiger partial charge in [0.2, 0.25) is 0 Å². The molecule has 44 heavy (non-hydrogen) atoms. The number of esters is 2. The van der Waals surface area contributed by atoms with E-state index in [0.717, 1.165) is 19.2 Å². The standard InChI is InChI=1S/C32H28F3N3O6/c1-42-21-12-6-17(7-13-21)22-15-23-26(28(39)25(22)30(40)43-2)24(18-5-4-14-37-16-18)27(31(41)44-3)29(36)38(23)20-10-8-19(9-11-20)32(33,34)35/h4-14,16,22,24-25H,15,36H2,1-3H3/t22-,24-,25-/m1/s1. The predicted molar refractivity (Wildman–Crippen MR) is 152 cm³/mol. The highest BCUT2D eigenvalue weighted by atomic mass is 19.4. The first kappa shape index (κ1) is 30.3. The number of benzene rings is 2. The highest BCUT2D eigenvalue weighted by molar-refractivity contribution is 6.14. The van der Waals surface area contributed by atoms with E-state index in [4.69, 9.17) is 19.9 Å². The molecular weight excluding hydrogens is 579 g/mol. The van der Waals surface area contributed by atoms with Crippen LogP contribution in [0.5, 0.6) is 5.75 Å². The van der Waals surface area contributed by atoms with Crippen LogP contribution in [-0.2, 0) is 30.0 Å². The number of carbonyl (C=O) groups is 3. The van der Waals surface area contributed by atoms with E-state index in [0.29, 0.717) is 22.6 Å². The number of hydrogen-bond donors (Lipinski definition) is 1. The number of Topliss-reactive ketones (excluding diaryl/α,β-unsaturated/α-hetero) is 1. The summed E-state index contributed by atoms with van der Waals surface area (Å²) in [7, 11) is 3.83. The molecule has 0 bridgehead atoms. The van der Waals surface area contributed by atoms with E-state index in [1.807, 2.05) is 0 Å². The highest BCUT2D eigenvalue weighted by Gasteiger charge is 2.51. The molecule has 2 N–H and O–H groups in total. The lowest BCUT2D eigenvalue weighted by molar-refractivity contribution is -0.150. The molecule has 2 heterocycles. The fourth-order valence-electron chi connectivity index (χ4n) is 5.87. The smallest absolute Gasteiger partial charge is 0.416 e. The van der Waals surface area contributed by atoms with Crippen LogP contribution < -0.4 is 15.4 Å². The Bertz CT molecular complexity index is 1650. The number of methoxy groups -OCH3 is 3. The molecule has 3 atom stereocenters. The molecule has 3 aromatic rings. The van der Waals surface area contributed by atoms with Crippen molar-refractivity contribution in [3.8, 4) is 5.75 Å². The number of carbonyl (C=O) groups excluding carboxylic acids is 3. The second-order valence-corrected chi connectivity index (χ2v) is 10.2. The lowest BCUT2D eigenvalue weighted by Crippen LogP contribution is -2.46. The molecule has 0 unspecified atom stereocenters. The van der Waals surface area contributed by atoms with E-state index < -0.39 is 47.2 Å². The average molecular weight is 608 g/mol. The van der Waals surface area contributed by atoms with Crippen molar-refractivity contribution in [2.75, 3.05) is 26.2 Å². The second kappa shape index (κ2) is 11.9. The van der Waals surface area contributed by atoms with Crippen LogP contribution in [0.4, 0.5) is 18.9 Å². The van der Waals surface area contributed by atoms with Gasteiger partial charge in [-0.15, -0.1) is 0 Å². The average Bonchev–Trinajstić information content (AvgIpc) is 3.03. The fourth-order valence-corrected chi connectivity index (χ4v) is 5.87. The van der Waals surface area contributed by atoms with Crippen molar-refractivity contribution in [2.24, 2.45) is 11.7 Å². The van der Waals surface area contributed by atoms with Gasteiger partial charge in [0.25, 0.3) is 0 Å².